The number of nitrogens with zero attached hydrogens (tertiary/aromatic N) is 1. The molecule has 16 heavy (non-hydrogen) atoms. The highest BCUT2D eigenvalue weighted by atomic mass is 32.2. The summed E-state index contributed by atoms with van der Waals surface area (Å²) in [5.74, 6) is 2.19. The quantitative estimate of drug-likeness (QED) is 0.479. The van der Waals surface area contributed by atoms with Crippen molar-refractivity contribution in [3.8, 4) is 0 Å². The number of thioether (sulfide) groups is 1. The summed E-state index contributed by atoms with van der Waals surface area (Å²) in [5, 5.41) is 13.9. The van der Waals surface area contributed by atoms with Crippen molar-refractivity contribution in [3.63, 3.8) is 0 Å². The van der Waals surface area contributed by atoms with Crippen LogP contribution in [0.15, 0.2) is 18.2 Å². The average Bonchev–Trinajstić information content (AvgIpc) is 2.69. The van der Waals surface area contributed by atoms with E-state index in [-0.39, 0.29) is 5.69 Å². The van der Waals surface area contributed by atoms with E-state index in [1.165, 1.54) is 12.1 Å². The molecule has 1 aromatic carbocycles. The third kappa shape index (κ3) is 2.57. The Morgan fingerprint density at radius 2 is 2.31 bits per heavy atom. The highest BCUT2D eigenvalue weighted by Gasteiger charge is 2.16. The molecule has 1 aliphatic heterocycles. The minimum atomic E-state index is -0.426. The summed E-state index contributed by atoms with van der Waals surface area (Å²) in [6, 6.07) is 5.02. The van der Waals surface area contributed by atoms with Crippen molar-refractivity contribution < 1.29 is 4.92 Å². The van der Waals surface area contributed by atoms with E-state index >= 15 is 0 Å². The smallest absolute Gasteiger partial charge is 0.273 e. The first-order valence-corrected chi connectivity index (χ1v) is 6.20. The number of rotatable bonds is 3. The fraction of sp³-hybridized carbons (Fsp3) is 0.400. The van der Waals surface area contributed by atoms with Gasteiger partial charge in [0.15, 0.2) is 0 Å². The van der Waals surface area contributed by atoms with Crippen LogP contribution in [0.3, 0.4) is 0 Å². The first-order chi connectivity index (χ1) is 7.65. The molecule has 5 nitrogen and oxygen atoms in total. The van der Waals surface area contributed by atoms with Crippen molar-refractivity contribution in [1.82, 2.24) is 0 Å². The highest BCUT2D eigenvalue weighted by Crippen LogP contribution is 2.26. The van der Waals surface area contributed by atoms with Gasteiger partial charge in [0.05, 0.1) is 4.92 Å². The third-order valence-corrected chi connectivity index (χ3v) is 3.61. The van der Waals surface area contributed by atoms with Gasteiger partial charge in [-0.1, -0.05) is 0 Å². The van der Waals surface area contributed by atoms with Gasteiger partial charge in [-0.05, 0) is 18.2 Å². The molecule has 2 rings (SSSR count). The van der Waals surface area contributed by atoms with Crippen molar-refractivity contribution in [2.45, 2.75) is 12.5 Å². The van der Waals surface area contributed by atoms with Crippen LogP contribution in [-0.4, -0.2) is 22.5 Å². The molecule has 1 saturated heterocycles. The molecule has 0 amide bonds. The molecule has 1 atom stereocenters. The number of nitro groups is 1. The van der Waals surface area contributed by atoms with Gasteiger partial charge in [0.25, 0.3) is 5.69 Å². The molecule has 0 aromatic heterocycles. The van der Waals surface area contributed by atoms with Crippen LogP contribution in [0, 0.1) is 10.1 Å². The van der Waals surface area contributed by atoms with Gasteiger partial charge in [0.2, 0.25) is 0 Å². The molecule has 1 fully saturated rings. The molecule has 0 spiro atoms. The van der Waals surface area contributed by atoms with Crippen LogP contribution in [0.2, 0.25) is 0 Å². The topological polar surface area (TPSA) is 81.2 Å². The Morgan fingerprint density at radius 1 is 1.50 bits per heavy atom. The van der Waals surface area contributed by atoms with E-state index < -0.39 is 4.92 Å². The fourth-order valence-corrected chi connectivity index (χ4v) is 2.86. The van der Waals surface area contributed by atoms with E-state index in [2.05, 4.69) is 5.32 Å². The Balaban J connectivity index is 2.16. The Kier molecular flexibility index (Phi) is 3.19. The number of non-ortho nitro benzene ring substituents is 1. The Bertz CT molecular complexity index is 405. The van der Waals surface area contributed by atoms with Gasteiger partial charge in [0, 0.05) is 35.3 Å². The number of hydrogen-bond acceptors (Lipinski definition) is 5. The van der Waals surface area contributed by atoms with E-state index in [1.807, 2.05) is 11.8 Å². The summed E-state index contributed by atoms with van der Waals surface area (Å²) in [5.41, 5.74) is 6.81. The van der Waals surface area contributed by atoms with Gasteiger partial charge >= 0.3 is 0 Å². The Morgan fingerprint density at radius 3 is 2.94 bits per heavy atom. The zero-order valence-corrected chi connectivity index (χ0v) is 9.50. The van der Waals surface area contributed by atoms with E-state index in [9.17, 15) is 10.1 Å². The molecule has 6 heteroatoms. The maximum Gasteiger partial charge on any atom is 0.273 e. The zero-order chi connectivity index (χ0) is 11.5. The van der Waals surface area contributed by atoms with Crippen LogP contribution in [0.4, 0.5) is 17.1 Å². The molecule has 0 bridgehead atoms. The average molecular weight is 239 g/mol. The van der Waals surface area contributed by atoms with Gasteiger partial charge in [0.1, 0.15) is 0 Å². The van der Waals surface area contributed by atoms with Crippen molar-refractivity contribution in [2.24, 2.45) is 0 Å². The summed E-state index contributed by atoms with van der Waals surface area (Å²) in [4.78, 5) is 10.2. The summed E-state index contributed by atoms with van der Waals surface area (Å²) in [6.45, 7) is 0. The van der Waals surface area contributed by atoms with E-state index in [1.54, 1.807) is 6.07 Å². The van der Waals surface area contributed by atoms with Crippen LogP contribution < -0.4 is 11.1 Å². The van der Waals surface area contributed by atoms with Crippen molar-refractivity contribution >= 4 is 28.8 Å². The molecule has 3 N–H and O–H groups in total. The molecule has 1 aromatic rings. The summed E-state index contributed by atoms with van der Waals surface area (Å²) < 4.78 is 0. The molecule has 0 saturated carbocycles. The largest absolute Gasteiger partial charge is 0.398 e. The predicted molar refractivity (Wildman–Crippen MR) is 66.9 cm³/mol. The second kappa shape index (κ2) is 4.61. The van der Waals surface area contributed by atoms with Gasteiger partial charge in [-0.15, -0.1) is 0 Å². The van der Waals surface area contributed by atoms with Crippen LogP contribution in [0.5, 0.6) is 0 Å². The normalized spacial score (nSPS) is 19.6. The maximum atomic E-state index is 10.7. The van der Waals surface area contributed by atoms with Crippen LogP contribution in [0.1, 0.15) is 6.42 Å². The molecule has 0 aliphatic carbocycles. The molecule has 1 heterocycles. The molecule has 0 radical (unpaired) electrons. The highest BCUT2D eigenvalue weighted by molar-refractivity contribution is 7.99. The Labute approximate surface area is 97.6 Å². The molecular formula is C10H13N3O2S. The van der Waals surface area contributed by atoms with Gasteiger partial charge in [-0.2, -0.15) is 11.8 Å². The molecule has 1 unspecified atom stereocenters. The van der Waals surface area contributed by atoms with Crippen molar-refractivity contribution in [3.05, 3.63) is 28.3 Å². The lowest BCUT2D eigenvalue weighted by molar-refractivity contribution is -0.384. The first kappa shape index (κ1) is 11.1. The molecule has 86 valence electrons. The number of benzene rings is 1. The van der Waals surface area contributed by atoms with Gasteiger partial charge in [-0.3, -0.25) is 10.1 Å². The summed E-state index contributed by atoms with van der Waals surface area (Å²) >= 11 is 1.89. The van der Waals surface area contributed by atoms with Gasteiger partial charge in [-0.25, -0.2) is 0 Å². The minimum absolute atomic E-state index is 0.0353. The Hall–Kier alpha value is -1.43. The minimum Gasteiger partial charge on any atom is -0.398 e. The predicted octanol–water partition coefficient (Wildman–Crippen LogP) is 2.09. The molecule has 1 aliphatic rings. The fourth-order valence-electron chi connectivity index (χ4n) is 1.71. The van der Waals surface area contributed by atoms with Crippen molar-refractivity contribution in [2.75, 3.05) is 22.6 Å². The van der Waals surface area contributed by atoms with E-state index in [0.29, 0.717) is 11.7 Å². The monoisotopic (exact) mass is 239 g/mol. The number of nitrogens with two attached hydrogens (primary N) is 1. The lowest BCUT2D eigenvalue weighted by Gasteiger charge is -2.12. The lowest BCUT2D eigenvalue weighted by Crippen LogP contribution is -2.18. The second-order valence-electron chi connectivity index (χ2n) is 3.78. The summed E-state index contributed by atoms with van der Waals surface area (Å²) in [6.07, 6.45) is 1.09. The second-order valence-corrected chi connectivity index (χ2v) is 4.93. The zero-order valence-electron chi connectivity index (χ0n) is 8.68. The first-order valence-electron chi connectivity index (χ1n) is 5.04. The van der Waals surface area contributed by atoms with E-state index in [4.69, 9.17) is 5.73 Å². The molecular weight excluding hydrogens is 226 g/mol. The van der Waals surface area contributed by atoms with Crippen molar-refractivity contribution in [1.29, 1.82) is 0 Å². The van der Waals surface area contributed by atoms with Gasteiger partial charge < -0.3 is 11.1 Å². The number of nitro benzene ring substituents is 1. The van der Waals surface area contributed by atoms with Crippen LogP contribution in [0.25, 0.3) is 0 Å². The number of nitrogen functional groups attached to an aromatic ring is 1. The van der Waals surface area contributed by atoms with Crippen LogP contribution in [-0.2, 0) is 0 Å². The number of anilines is 2. The summed E-state index contributed by atoms with van der Waals surface area (Å²) in [7, 11) is 0. The maximum absolute atomic E-state index is 10.7. The number of hydrogen-bond donors (Lipinski definition) is 2. The third-order valence-electron chi connectivity index (χ3n) is 2.45. The number of nitrogens with one attached hydrogen (secondary N) is 1. The lowest BCUT2D eigenvalue weighted by atomic mass is 10.2. The van der Waals surface area contributed by atoms with Crippen LogP contribution >= 0.6 is 11.8 Å². The standard InChI is InChI=1S/C10H13N3O2S/c11-7-3-9(5-10(4-7)13(14)15)12-8-1-2-16-6-8/h3-5,8,12H,1-2,6,11H2. The van der Waals surface area contributed by atoms with E-state index in [0.717, 1.165) is 23.6 Å². The SMILES string of the molecule is Nc1cc(NC2CCSC2)cc([N+](=O)[O-])c1.